The molecule has 0 N–H and O–H groups in total. The van der Waals surface area contributed by atoms with Crippen LogP contribution in [0.4, 0.5) is 0 Å². The van der Waals surface area contributed by atoms with Gasteiger partial charge in [0.15, 0.2) is 0 Å². The molecule has 88 valence electrons. The highest BCUT2D eigenvalue weighted by molar-refractivity contribution is 6.89. The second-order valence-electron chi connectivity index (χ2n) is 5.03. The number of benzene rings is 1. The summed E-state index contributed by atoms with van der Waals surface area (Å²) in [6.45, 7) is 13.8. The normalized spacial score (nSPS) is 11.2. The molecule has 1 nitrogen and oxygen atoms in total. The van der Waals surface area contributed by atoms with Gasteiger partial charge in [0.25, 0.3) is 0 Å². The van der Waals surface area contributed by atoms with Crippen molar-refractivity contribution < 1.29 is 4.74 Å². The van der Waals surface area contributed by atoms with Crippen LogP contribution in [0.2, 0.25) is 19.6 Å². The predicted molar refractivity (Wildman–Crippen MR) is 75.3 cm³/mol. The van der Waals surface area contributed by atoms with Crippen molar-refractivity contribution in [2.45, 2.75) is 33.0 Å². The topological polar surface area (TPSA) is 9.23 Å². The van der Waals surface area contributed by atoms with Gasteiger partial charge in [-0.2, -0.15) is 0 Å². The van der Waals surface area contributed by atoms with Gasteiger partial charge >= 0.3 is 0 Å². The number of rotatable bonds is 5. The maximum Gasteiger partial charge on any atom is 0.125 e. The number of hydrogen-bond acceptors (Lipinski definition) is 1. The zero-order chi connectivity index (χ0) is 12.2. The van der Waals surface area contributed by atoms with Crippen LogP contribution in [0.15, 0.2) is 24.8 Å². The Morgan fingerprint density at radius 1 is 1.31 bits per heavy atom. The van der Waals surface area contributed by atoms with Crippen LogP contribution >= 0.6 is 0 Å². The first-order chi connectivity index (χ1) is 7.50. The zero-order valence-electron chi connectivity index (χ0n) is 10.8. The lowest BCUT2D eigenvalue weighted by Gasteiger charge is -2.22. The fourth-order valence-corrected chi connectivity index (χ4v) is 3.17. The van der Waals surface area contributed by atoms with E-state index >= 15 is 0 Å². The van der Waals surface area contributed by atoms with Crippen LogP contribution in [0.3, 0.4) is 0 Å². The summed E-state index contributed by atoms with van der Waals surface area (Å²) in [4.78, 5) is 0. The fourth-order valence-electron chi connectivity index (χ4n) is 1.67. The van der Waals surface area contributed by atoms with Gasteiger partial charge in [-0.15, -0.1) is 0 Å². The van der Waals surface area contributed by atoms with Gasteiger partial charge in [0.05, 0.1) is 14.7 Å². The first kappa shape index (κ1) is 13.0. The van der Waals surface area contributed by atoms with Crippen LogP contribution in [-0.2, 0) is 0 Å². The summed E-state index contributed by atoms with van der Waals surface area (Å²) in [5.41, 5.74) is 1.12. The van der Waals surface area contributed by atoms with E-state index in [0.29, 0.717) is 0 Å². The molecule has 0 spiro atoms. The Hall–Kier alpha value is -1.02. The zero-order valence-corrected chi connectivity index (χ0v) is 11.8. The van der Waals surface area contributed by atoms with E-state index in [2.05, 4.69) is 51.3 Å². The van der Waals surface area contributed by atoms with Crippen LogP contribution in [0.25, 0.3) is 6.08 Å². The minimum Gasteiger partial charge on any atom is -0.493 e. The smallest absolute Gasteiger partial charge is 0.125 e. The summed E-state index contributed by atoms with van der Waals surface area (Å²) in [5.74, 6) is 1.05. The SMILES string of the molecule is C=Cc1cccc([Si](C)(C)C)c1OCCC. The van der Waals surface area contributed by atoms with Gasteiger partial charge in [-0.3, -0.25) is 0 Å². The molecule has 0 amide bonds. The lowest BCUT2D eigenvalue weighted by atomic mass is 10.2. The lowest BCUT2D eigenvalue weighted by molar-refractivity contribution is 0.319. The quantitative estimate of drug-likeness (QED) is 0.706. The standard InChI is InChI=1S/C14H22OSi/c1-6-11-15-14-12(7-2)9-8-10-13(14)16(3,4)5/h7-10H,2,6,11H2,1,3-5H3. The second-order valence-corrected chi connectivity index (χ2v) is 10.1. The predicted octanol–water partition coefficient (Wildman–Crippen LogP) is 3.66. The molecule has 0 aromatic heterocycles. The van der Waals surface area contributed by atoms with Gasteiger partial charge in [0, 0.05) is 5.56 Å². The molecule has 1 rings (SSSR count). The van der Waals surface area contributed by atoms with E-state index in [-0.39, 0.29) is 0 Å². The summed E-state index contributed by atoms with van der Waals surface area (Å²) in [5, 5.41) is 1.39. The molecule has 0 saturated carbocycles. The Kier molecular flexibility index (Phi) is 4.36. The van der Waals surface area contributed by atoms with Gasteiger partial charge in [0.2, 0.25) is 0 Å². The summed E-state index contributed by atoms with van der Waals surface area (Å²) in [7, 11) is -1.35. The van der Waals surface area contributed by atoms with E-state index in [4.69, 9.17) is 4.74 Å². The average molecular weight is 234 g/mol. The minimum absolute atomic E-state index is 0.780. The first-order valence-electron chi connectivity index (χ1n) is 5.89. The van der Waals surface area contributed by atoms with Crippen molar-refractivity contribution >= 4 is 19.3 Å². The molecule has 1 aromatic rings. The molecule has 0 fully saturated rings. The van der Waals surface area contributed by atoms with Crippen molar-refractivity contribution in [3.8, 4) is 5.75 Å². The van der Waals surface area contributed by atoms with E-state index in [1.165, 1.54) is 5.19 Å². The van der Waals surface area contributed by atoms with Crippen molar-refractivity contribution in [2.75, 3.05) is 6.61 Å². The highest BCUT2D eigenvalue weighted by atomic mass is 28.3. The van der Waals surface area contributed by atoms with Gasteiger partial charge in [-0.25, -0.2) is 0 Å². The molecule has 2 heteroatoms. The fraction of sp³-hybridized carbons (Fsp3) is 0.429. The first-order valence-corrected chi connectivity index (χ1v) is 9.39. The molecule has 0 bridgehead atoms. The molecule has 0 unspecified atom stereocenters. The third-order valence-electron chi connectivity index (χ3n) is 2.52. The molecule has 0 saturated heterocycles. The summed E-state index contributed by atoms with van der Waals surface area (Å²) >= 11 is 0. The molecule has 0 radical (unpaired) electrons. The number of para-hydroxylation sites is 1. The molecule has 0 aliphatic rings. The van der Waals surface area contributed by atoms with Crippen LogP contribution in [0.1, 0.15) is 18.9 Å². The Morgan fingerprint density at radius 3 is 2.50 bits per heavy atom. The number of hydrogen-bond donors (Lipinski definition) is 0. The Balaban J connectivity index is 3.20. The van der Waals surface area contributed by atoms with Crippen molar-refractivity contribution in [1.82, 2.24) is 0 Å². The van der Waals surface area contributed by atoms with E-state index < -0.39 is 8.07 Å². The van der Waals surface area contributed by atoms with E-state index in [1.807, 2.05) is 6.08 Å². The van der Waals surface area contributed by atoms with Crippen molar-refractivity contribution in [1.29, 1.82) is 0 Å². The summed E-state index contributed by atoms with van der Waals surface area (Å²) in [6, 6.07) is 6.37. The minimum atomic E-state index is -1.35. The molecule has 0 heterocycles. The Bertz CT molecular complexity index is 363. The van der Waals surface area contributed by atoms with E-state index in [9.17, 15) is 0 Å². The highest BCUT2D eigenvalue weighted by Crippen LogP contribution is 2.21. The molecule has 1 aromatic carbocycles. The third kappa shape index (κ3) is 2.98. The van der Waals surface area contributed by atoms with Gasteiger partial charge in [0.1, 0.15) is 5.75 Å². The van der Waals surface area contributed by atoms with Crippen LogP contribution in [-0.4, -0.2) is 14.7 Å². The van der Waals surface area contributed by atoms with Gasteiger partial charge < -0.3 is 4.74 Å². The highest BCUT2D eigenvalue weighted by Gasteiger charge is 2.22. The molecule has 0 aliphatic carbocycles. The Labute approximate surface area is 100 Å². The summed E-state index contributed by atoms with van der Waals surface area (Å²) in [6.07, 6.45) is 2.92. The lowest BCUT2D eigenvalue weighted by Crippen LogP contribution is -2.39. The van der Waals surface area contributed by atoms with Gasteiger partial charge in [-0.05, 0) is 11.6 Å². The maximum absolute atomic E-state index is 5.90. The number of ether oxygens (including phenoxy) is 1. The average Bonchev–Trinajstić information content (AvgIpc) is 2.24. The monoisotopic (exact) mass is 234 g/mol. The third-order valence-corrected chi connectivity index (χ3v) is 4.53. The van der Waals surface area contributed by atoms with Crippen LogP contribution < -0.4 is 9.92 Å². The Morgan fingerprint density at radius 2 is 2.00 bits per heavy atom. The van der Waals surface area contributed by atoms with E-state index in [0.717, 1.165) is 24.3 Å². The molecule has 16 heavy (non-hydrogen) atoms. The van der Waals surface area contributed by atoms with Crippen molar-refractivity contribution in [2.24, 2.45) is 0 Å². The molecule has 0 atom stereocenters. The van der Waals surface area contributed by atoms with E-state index in [1.54, 1.807) is 0 Å². The van der Waals surface area contributed by atoms with Crippen molar-refractivity contribution in [3.05, 3.63) is 30.3 Å². The van der Waals surface area contributed by atoms with Crippen molar-refractivity contribution in [3.63, 3.8) is 0 Å². The summed E-state index contributed by atoms with van der Waals surface area (Å²) < 4.78 is 5.90. The van der Waals surface area contributed by atoms with Crippen LogP contribution in [0.5, 0.6) is 5.75 Å². The molecule has 0 aliphatic heterocycles. The second kappa shape index (κ2) is 5.35. The maximum atomic E-state index is 5.90. The largest absolute Gasteiger partial charge is 0.493 e. The molecular formula is C14H22OSi. The molecular weight excluding hydrogens is 212 g/mol. The van der Waals surface area contributed by atoms with Gasteiger partial charge in [-0.1, -0.05) is 57.4 Å². The van der Waals surface area contributed by atoms with Crippen LogP contribution in [0, 0.1) is 0 Å².